The lowest BCUT2D eigenvalue weighted by atomic mass is 10.1. The number of esters is 1. The summed E-state index contributed by atoms with van der Waals surface area (Å²) in [7, 11) is 0. The van der Waals surface area contributed by atoms with Crippen LogP contribution in [0.15, 0.2) is 49.1 Å². The molecule has 33 heavy (non-hydrogen) atoms. The summed E-state index contributed by atoms with van der Waals surface area (Å²) in [5.41, 5.74) is 3.19. The van der Waals surface area contributed by atoms with Gasteiger partial charge in [-0.05, 0) is 54.6 Å². The number of carbonyl (C=O) groups excluding carboxylic acids is 1. The number of pyridine rings is 1. The monoisotopic (exact) mass is 477 g/mol. The first-order valence-electron chi connectivity index (χ1n) is 10.7. The molecule has 0 aliphatic rings. The molecule has 0 saturated carbocycles. The molecule has 4 nitrogen and oxygen atoms in total. The Kier molecular flexibility index (Phi) is 8.13. The summed E-state index contributed by atoms with van der Waals surface area (Å²) < 4.78 is 50.1. The lowest BCUT2D eigenvalue weighted by molar-refractivity contribution is -0.157. The van der Waals surface area contributed by atoms with E-state index in [0.29, 0.717) is 5.75 Å². The van der Waals surface area contributed by atoms with Gasteiger partial charge in [-0.15, -0.1) is 11.3 Å². The molecule has 0 bridgehead atoms. The summed E-state index contributed by atoms with van der Waals surface area (Å²) in [6, 6.07) is 11.7. The molecule has 0 saturated heterocycles. The maximum Gasteiger partial charge on any atom is 0.389 e. The second-order valence-electron chi connectivity index (χ2n) is 7.64. The van der Waals surface area contributed by atoms with Gasteiger partial charge in [0.25, 0.3) is 0 Å². The van der Waals surface area contributed by atoms with Gasteiger partial charge in [-0.3, -0.25) is 4.98 Å². The number of halogens is 3. The summed E-state index contributed by atoms with van der Waals surface area (Å²) in [6.45, 7) is 6.78. The van der Waals surface area contributed by atoms with Crippen LogP contribution in [0.5, 0.6) is 5.75 Å². The highest BCUT2D eigenvalue weighted by Gasteiger charge is 2.33. The van der Waals surface area contributed by atoms with Crippen molar-refractivity contribution in [2.75, 3.05) is 13.2 Å². The topological polar surface area (TPSA) is 48.4 Å². The lowest BCUT2D eigenvalue weighted by Crippen LogP contribution is -2.25. The van der Waals surface area contributed by atoms with E-state index in [4.69, 9.17) is 14.5 Å². The van der Waals surface area contributed by atoms with Gasteiger partial charge in [0.05, 0.1) is 19.6 Å². The molecule has 0 aliphatic carbocycles. The minimum Gasteiger partial charge on any atom is -0.493 e. The van der Waals surface area contributed by atoms with Gasteiger partial charge in [0.15, 0.2) is 0 Å². The third kappa shape index (κ3) is 6.81. The standard InChI is InChI=1S/C25H26F3NO3S/c1-4-18-8-10-20(21(5-2)29-18)23-11-17-7-9-19(12-22(17)33-23)31-14-16(13-25(26,27)28)15-32-24(30)6-3/h6-12,16H,3-5,13-15H2,1-2H3. The lowest BCUT2D eigenvalue weighted by Gasteiger charge is -2.19. The SMILES string of the molecule is C=CC(=O)OCC(COc1ccc2cc(-c3ccc(CC)nc3CC)sc2c1)CC(F)(F)F. The fourth-order valence-electron chi connectivity index (χ4n) is 3.44. The molecule has 1 atom stereocenters. The molecule has 0 N–H and O–H groups in total. The number of benzene rings is 1. The van der Waals surface area contributed by atoms with Crippen LogP contribution in [0.4, 0.5) is 13.2 Å². The Bertz CT molecular complexity index is 1120. The van der Waals surface area contributed by atoms with Crippen molar-refractivity contribution in [1.82, 2.24) is 4.98 Å². The summed E-state index contributed by atoms with van der Waals surface area (Å²) in [4.78, 5) is 17.1. The second kappa shape index (κ2) is 10.8. The van der Waals surface area contributed by atoms with E-state index < -0.39 is 31.1 Å². The zero-order chi connectivity index (χ0) is 24.0. The first-order chi connectivity index (χ1) is 15.7. The number of aryl methyl sites for hydroxylation is 2. The van der Waals surface area contributed by atoms with Crippen molar-refractivity contribution in [2.45, 2.75) is 39.3 Å². The minimum absolute atomic E-state index is 0.226. The Balaban J connectivity index is 1.76. The van der Waals surface area contributed by atoms with Crippen LogP contribution in [0.2, 0.25) is 0 Å². The summed E-state index contributed by atoms with van der Waals surface area (Å²) in [6.07, 6.45) is -2.88. The second-order valence-corrected chi connectivity index (χ2v) is 8.73. The van der Waals surface area contributed by atoms with Crippen molar-refractivity contribution in [3.05, 3.63) is 60.4 Å². The van der Waals surface area contributed by atoms with E-state index in [0.717, 1.165) is 50.8 Å². The summed E-state index contributed by atoms with van der Waals surface area (Å²) >= 11 is 1.59. The molecule has 2 aromatic heterocycles. The Hall–Kier alpha value is -2.87. The fourth-order valence-corrected chi connectivity index (χ4v) is 4.58. The molecule has 3 rings (SSSR count). The van der Waals surface area contributed by atoms with E-state index in [1.54, 1.807) is 17.4 Å². The van der Waals surface area contributed by atoms with Gasteiger partial charge >= 0.3 is 12.1 Å². The highest BCUT2D eigenvalue weighted by atomic mass is 32.1. The van der Waals surface area contributed by atoms with Crippen molar-refractivity contribution >= 4 is 27.4 Å². The molecule has 0 aliphatic heterocycles. The minimum atomic E-state index is -4.39. The van der Waals surface area contributed by atoms with E-state index in [-0.39, 0.29) is 6.61 Å². The number of aromatic nitrogens is 1. The quantitative estimate of drug-likeness (QED) is 0.239. The van der Waals surface area contributed by atoms with Crippen molar-refractivity contribution < 1.29 is 27.4 Å². The maximum atomic E-state index is 12.9. The number of hydrogen-bond acceptors (Lipinski definition) is 5. The molecule has 0 amide bonds. The van der Waals surface area contributed by atoms with Crippen molar-refractivity contribution in [3.8, 4) is 16.2 Å². The van der Waals surface area contributed by atoms with E-state index >= 15 is 0 Å². The average Bonchev–Trinajstić information content (AvgIpc) is 3.22. The van der Waals surface area contributed by atoms with Crippen molar-refractivity contribution in [1.29, 1.82) is 0 Å². The smallest absolute Gasteiger partial charge is 0.389 e. The molecule has 0 radical (unpaired) electrons. The number of rotatable bonds is 10. The number of nitrogens with zero attached hydrogens (tertiary/aromatic N) is 1. The van der Waals surface area contributed by atoms with E-state index in [9.17, 15) is 18.0 Å². The molecule has 1 unspecified atom stereocenters. The third-order valence-electron chi connectivity index (χ3n) is 5.12. The maximum absolute atomic E-state index is 12.9. The van der Waals surface area contributed by atoms with E-state index in [1.807, 2.05) is 18.2 Å². The fraction of sp³-hybridized carbons (Fsp3) is 0.360. The Labute approximate surface area is 195 Å². The van der Waals surface area contributed by atoms with Crippen LogP contribution in [-0.2, 0) is 22.4 Å². The van der Waals surface area contributed by atoms with Crippen molar-refractivity contribution in [3.63, 3.8) is 0 Å². The zero-order valence-corrected chi connectivity index (χ0v) is 19.4. The summed E-state index contributed by atoms with van der Waals surface area (Å²) in [5.74, 6) is -1.31. The molecule has 1 aromatic carbocycles. The first kappa shape index (κ1) is 24.8. The third-order valence-corrected chi connectivity index (χ3v) is 6.25. The summed E-state index contributed by atoms with van der Waals surface area (Å²) in [5, 5.41) is 1.02. The number of thiophene rings is 1. The average molecular weight is 478 g/mol. The number of alkyl halides is 3. The van der Waals surface area contributed by atoms with Crippen molar-refractivity contribution in [2.24, 2.45) is 5.92 Å². The van der Waals surface area contributed by atoms with Gasteiger partial charge in [0.1, 0.15) is 5.75 Å². The Morgan fingerprint density at radius 1 is 1.15 bits per heavy atom. The van der Waals surface area contributed by atoms with Crippen LogP contribution in [0.1, 0.15) is 31.7 Å². The molecule has 0 spiro atoms. The molecule has 8 heteroatoms. The first-order valence-corrected chi connectivity index (χ1v) is 11.6. The van der Waals surface area contributed by atoms with Gasteiger partial charge in [0.2, 0.25) is 0 Å². The normalized spacial score (nSPS) is 12.5. The van der Waals surface area contributed by atoms with E-state index in [2.05, 4.69) is 32.6 Å². The number of carbonyl (C=O) groups is 1. The van der Waals surface area contributed by atoms with E-state index in [1.165, 1.54) is 0 Å². The molecule has 2 heterocycles. The van der Waals surface area contributed by atoms with Gasteiger partial charge in [-0.1, -0.05) is 20.4 Å². The van der Waals surface area contributed by atoms with Gasteiger partial charge < -0.3 is 9.47 Å². The molecule has 0 fully saturated rings. The van der Waals surface area contributed by atoms with Gasteiger partial charge in [-0.2, -0.15) is 13.2 Å². The predicted molar refractivity (Wildman–Crippen MR) is 125 cm³/mol. The molecule has 176 valence electrons. The Morgan fingerprint density at radius 3 is 2.61 bits per heavy atom. The van der Waals surface area contributed by atoms with Crippen LogP contribution < -0.4 is 4.74 Å². The van der Waals surface area contributed by atoms with Crippen LogP contribution in [0.3, 0.4) is 0 Å². The Morgan fingerprint density at radius 2 is 1.94 bits per heavy atom. The van der Waals surface area contributed by atoms with Crippen LogP contribution in [0.25, 0.3) is 20.5 Å². The van der Waals surface area contributed by atoms with Crippen LogP contribution in [0, 0.1) is 5.92 Å². The highest BCUT2D eigenvalue weighted by molar-refractivity contribution is 7.22. The molecular formula is C25H26F3NO3S. The highest BCUT2D eigenvalue weighted by Crippen LogP contribution is 2.37. The number of ether oxygens (including phenoxy) is 2. The van der Waals surface area contributed by atoms with Crippen LogP contribution >= 0.6 is 11.3 Å². The van der Waals surface area contributed by atoms with Crippen LogP contribution in [-0.4, -0.2) is 30.3 Å². The predicted octanol–water partition coefficient (Wildman–Crippen LogP) is 6.76. The molecular weight excluding hydrogens is 451 g/mol. The largest absolute Gasteiger partial charge is 0.493 e. The number of hydrogen-bond donors (Lipinski definition) is 0. The van der Waals surface area contributed by atoms with Gasteiger partial charge in [-0.25, -0.2) is 4.79 Å². The zero-order valence-electron chi connectivity index (χ0n) is 18.6. The number of fused-ring (bicyclic) bond motifs is 1. The van der Waals surface area contributed by atoms with Gasteiger partial charge in [0, 0.05) is 38.5 Å². The molecule has 3 aromatic rings.